The van der Waals surface area contributed by atoms with Gasteiger partial charge in [0.15, 0.2) is 0 Å². The second-order valence-corrected chi connectivity index (χ2v) is 5.99. The number of aryl methyl sites for hydroxylation is 1. The molecule has 0 fully saturated rings. The maximum atomic E-state index is 8.71. The zero-order chi connectivity index (χ0) is 13.5. The summed E-state index contributed by atoms with van der Waals surface area (Å²) in [6, 6.07) is 4.35. The van der Waals surface area contributed by atoms with Gasteiger partial charge in [-0.25, -0.2) is 0 Å². The van der Waals surface area contributed by atoms with Crippen molar-refractivity contribution in [2.75, 3.05) is 11.9 Å². The maximum absolute atomic E-state index is 8.71. The second-order valence-electron chi connectivity index (χ2n) is 5.99. The predicted molar refractivity (Wildman–Crippen MR) is 76.1 cm³/mol. The molecule has 1 atom stereocenters. The second kappa shape index (κ2) is 4.30. The van der Waals surface area contributed by atoms with Crippen LogP contribution in [0.2, 0.25) is 0 Å². The molecule has 1 aliphatic rings. The van der Waals surface area contributed by atoms with E-state index in [2.05, 4.69) is 56.9 Å². The van der Waals surface area contributed by atoms with Crippen molar-refractivity contribution in [1.82, 2.24) is 0 Å². The van der Waals surface area contributed by atoms with Crippen LogP contribution in [0.3, 0.4) is 0 Å². The average molecular weight is 246 g/mol. The minimum Gasteiger partial charge on any atom is -0.411 e. The van der Waals surface area contributed by atoms with Gasteiger partial charge in [0.1, 0.15) is 0 Å². The predicted octanol–water partition coefficient (Wildman–Crippen LogP) is 3.53. The summed E-state index contributed by atoms with van der Waals surface area (Å²) in [6.07, 6.45) is 2.65. The van der Waals surface area contributed by atoms with Crippen LogP contribution in [0.25, 0.3) is 0 Å². The topological polar surface area (TPSA) is 35.8 Å². The van der Waals surface area contributed by atoms with Gasteiger partial charge in [-0.3, -0.25) is 0 Å². The monoisotopic (exact) mass is 246 g/mol. The highest BCUT2D eigenvalue weighted by atomic mass is 16.4. The number of hydrogen-bond acceptors (Lipinski definition) is 3. The van der Waals surface area contributed by atoms with Gasteiger partial charge in [0.2, 0.25) is 0 Å². The van der Waals surface area contributed by atoms with Gasteiger partial charge in [0.25, 0.3) is 0 Å². The SMILES string of the molecule is Cc1cc2c(cc1C=NO)[C@@H](C)CC(C)(C)N2C. The quantitative estimate of drug-likeness (QED) is 0.467. The van der Waals surface area contributed by atoms with Gasteiger partial charge in [0, 0.05) is 18.3 Å². The Bertz CT molecular complexity index is 492. The number of fused-ring (bicyclic) bond motifs is 1. The molecule has 1 aliphatic heterocycles. The summed E-state index contributed by atoms with van der Waals surface area (Å²) in [5.74, 6) is 0.526. The highest BCUT2D eigenvalue weighted by Crippen LogP contribution is 2.43. The normalized spacial score (nSPS) is 22.3. The molecule has 0 saturated heterocycles. The first-order chi connectivity index (χ1) is 8.36. The fraction of sp³-hybridized carbons (Fsp3) is 0.533. The van der Waals surface area contributed by atoms with E-state index < -0.39 is 0 Å². The Labute approximate surface area is 109 Å². The van der Waals surface area contributed by atoms with Gasteiger partial charge < -0.3 is 10.1 Å². The Balaban J connectivity index is 2.58. The molecule has 0 radical (unpaired) electrons. The van der Waals surface area contributed by atoms with Crippen molar-refractivity contribution in [2.24, 2.45) is 5.16 Å². The lowest BCUT2D eigenvalue weighted by atomic mass is 9.79. The lowest BCUT2D eigenvalue weighted by Gasteiger charge is -2.45. The minimum atomic E-state index is 0.186. The van der Waals surface area contributed by atoms with Crippen molar-refractivity contribution in [3.05, 3.63) is 28.8 Å². The van der Waals surface area contributed by atoms with Crippen LogP contribution in [0.4, 0.5) is 5.69 Å². The van der Waals surface area contributed by atoms with Crippen LogP contribution >= 0.6 is 0 Å². The smallest absolute Gasteiger partial charge is 0.0736 e. The Kier molecular flexibility index (Phi) is 3.09. The summed E-state index contributed by atoms with van der Waals surface area (Å²) in [5.41, 5.74) is 4.97. The standard InChI is InChI=1S/C15H22N2O/c1-10-6-14-13(7-12(10)9-16-18)11(2)8-15(3,4)17(14)5/h6-7,9,11,18H,8H2,1-5H3/t11-/m0/s1. The summed E-state index contributed by atoms with van der Waals surface area (Å²) in [5, 5.41) is 11.9. The summed E-state index contributed by atoms with van der Waals surface area (Å²) >= 11 is 0. The zero-order valence-corrected chi connectivity index (χ0v) is 11.9. The number of nitrogens with zero attached hydrogens (tertiary/aromatic N) is 2. The van der Waals surface area contributed by atoms with Gasteiger partial charge >= 0.3 is 0 Å². The minimum absolute atomic E-state index is 0.186. The average Bonchev–Trinajstić information content (AvgIpc) is 2.28. The lowest BCUT2D eigenvalue weighted by Crippen LogP contribution is -2.45. The highest BCUT2D eigenvalue weighted by molar-refractivity contribution is 5.83. The summed E-state index contributed by atoms with van der Waals surface area (Å²) in [7, 11) is 2.16. The highest BCUT2D eigenvalue weighted by Gasteiger charge is 2.34. The molecule has 3 nitrogen and oxygen atoms in total. The number of rotatable bonds is 1. The van der Waals surface area contributed by atoms with Crippen LogP contribution in [0.15, 0.2) is 17.3 Å². The van der Waals surface area contributed by atoms with E-state index in [4.69, 9.17) is 5.21 Å². The van der Waals surface area contributed by atoms with E-state index in [1.807, 2.05) is 0 Å². The van der Waals surface area contributed by atoms with Crippen LogP contribution in [0, 0.1) is 6.92 Å². The molecule has 98 valence electrons. The van der Waals surface area contributed by atoms with Crippen molar-refractivity contribution in [1.29, 1.82) is 0 Å². The first-order valence-electron chi connectivity index (χ1n) is 6.42. The molecule has 1 N–H and O–H groups in total. The van der Waals surface area contributed by atoms with Crippen LogP contribution < -0.4 is 4.90 Å². The molecule has 0 saturated carbocycles. The molecular weight excluding hydrogens is 224 g/mol. The molecule has 0 bridgehead atoms. The van der Waals surface area contributed by atoms with E-state index in [0.29, 0.717) is 5.92 Å². The molecule has 0 unspecified atom stereocenters. The van der Waals surface area contributed by atoms with Gasteiger partial charge in [0.05, 0.1) is 6.21 Å². The molecule has 1 aromatic rings. The molecule has 0 aromatic heterocycles. The zero-order valence-electron chi connectivity index (χ0n) is 11.9. The van der Waals surface area contributed by atoms with E-state index in [9.17, 15) is 0 Å². The van der Waals surface area contributed by atoms with Crippen LogP contribution in [0.1, 0.15) is 49.8 Å². The molecule has 1 aromatic carbocycles. The van der Waals surface area contributed by atoms with Crippen molar-refractivity contribution >= 4 is 11.9 Å². The molecule has 3 heteroatoms. The number of oxime groups is 1. The van der Waals surface area contributed by atoms with Crippen LogP contribution in [-0.2, 0) is 0 Å². The van der Waals surface area contributed by atoms with E-state index in [1.54, 1.807) is 0 Å². The van der Waals surface area contributed by atoms with Crippen molar-refractivity contribution in [3.63, 3.8) is 0 Å². The Morgan fingerprint density at radius 1 is 1.44 bits per heavy atom. The molecule has 0 spiro atoms. The van der Waals surface area contributed by atoms with Crippen LogP contribution in [-0.4, -0.2) is 24.0 Å². The van der Waals surface area contributed by atoms with Gasteiger partial charge in [-0.15, -0.1) is 0 Å². The maximum Gasteiger partial charge on any atom is 0.0736 e. The third-order valence-electron chi connectivity index (χ3n) is 4.22. The molecule has 18 heavy (non-hydrogen) atoms. The Morgan fingerprint density at radius 2 is 2.11 bits per heavy atom. The first-order valence-corrected chi connectivity index (χ1v) is 6.42. The van der Waals surface area contributed by atoms with E-state index >= 15 is 0 Å². The number of hydrogen-bond donors (Lipinski definition) is 1. The largest absolute Gasteiger partial charge is 0.411 e. The molecule has 0 amide bonds. The lowest BCUT2D eigenvalue weighted by molar-refractivity contribution is 0.322. The molecule has 0 aliphatic carbocycles. The van der Waals surface area contributed by atoms with Gasteiger partial charge in [-0.1, -0.05) is 12.1 Å². The summed E-state index contributed by atoms with van der Waals surface area (Å²) < 4.78 is 0. The van der Waals surface area contributed by atoms with E-state index in [1.165, 1.54) is 17.5 Å². The van der Waals surface area contributed by atoms with Crippen LogP contribution in [0.5, 0.6) is 0 Å². The fourth-order valence-electron chi connectivity index (χ4n) is 2.94. The third kappa shape index (κ3) is 1.98. The fourth-order valence-corrected chi connectivity index (χ4v) is 2.94. The van der Waals surface area contributed by atoms with Crippen molar-refractivity contribution in [2.45, 2.75) is 45.6 Å². The third-order valence-corrected chi connectivity index (χ3v) is 4.22. The van der Waals surface area contributed by atoms with Gasteiger partial charge in [-0.2, -0.15) is 0 Å². The summed E-state index contributed by atoms with van der Waals surface area (Å²) in [6.45, 7) is 8.88. The Hall–Kier alpha value is -1.51. The molecular formula is C15H22N2O. The molecule has 2 rings (SSSR count). The van der Waals surface area contributed by atoms with Gasteiger partial charge in [-0.05, 0) is 61.9 Å². The summed E-state index contributed by atoms with van der Waals surface area (Å²) in [4.78, 5) is 2.36. The van der Waals surface area contributed by atoms with Crippen molar-refractivity contribution in [3.8, 4) is 0 Å². The molecule has 1 heterocycles. The Morgan fingerprint density at radius 3 is 2.72 bits per heavy atom. The van der Waals surface area contributed by atoms with Crippen molar-refractivity contribution < 1.29 is 5.21 Å². The number of benzene rings is 1. The van der Waals surface area contributed by atoms with E-state index in [-0.39, 0.29) is 5.54 Å². The van der Waals surface area contributed by atoms with E-state index in [0.717, 1.165) is 17.5 Å². The first kappa shape index (κ1) is 12.9. The number of anilines is 1.